The van der Waals surface area contributed by atoms with Crippen molar-refractivity contribution >= 4 is 23.1 Å². The van der Waals surface area contributed by atoms with Gasteiger partial charge in [-0.2, -0.15) is 0 Å². The van der Waals surface area contributed by atoms with Gasteiger partial charge in [-0.05, 0) is 53.8 Å². The van der Waals surface area contributed by atoms with Crippen molar-refractivity contribution < 1.29 is 18.7 Å². The van der Waals surface area contributed by atoms with Crippen molar-refractivity contribution in [3.8, 4) is 5.75 Å². The highest BCUT2D eigenvalue weighted by atomic mass is 16.5. The summed E-state index contributed by atoms with van der Waals surface area (Å²) in [6.07, 6.45) is 2.78. The molecule has 2 N–H and O–H groups in total. The van der Waals surface area contributed by atoms with Gasteiger partial charge in [0.25, 0.3) is 0 Å². The van der Waals surface area contributed by atoms with Gasteiger partial charge in [0.2, 0.25) is 5.91 Å². The second kappa shape index (κ2) is 9.57. The number of hydrogen-bond acceptors (Lipinski definition) is 6. The lowest BCUT2D eigenvalue weighted by Crippen LogP contribution is -2.41. The van der Waals surface area contributed by atoms with Crippen LogP contribution in [0.25, 0.3) is 0 Å². The van der Waals surface area contributed by atoms with Crippen LogP contribution >= 0.6 is 0 Å². The predicted octanol–water partition coefficient (Wildman–Crippen LogP) is 5.22. The maximum Gasteiger partial charge on any atom is 0.239 e. The second-order valence-corrected chi connectivity index (χ2v) is 10.1. The number of methoxy groups -OCH3 is 1. The van der Waals surface area contributed by atoms with Crippen LogP contribution in [0, 0.1) is 5.41 Å². The number of ether oxygens (including phenoxy) is 1. The minimum absolute atomic E-state index is 0.0570. The Kier molecular flexibility index (Phi) is 6.31. The van der Waals surface area contributed by atoms with Gasteiger partial charge in [0.15, 0.2) is 5.78 Å². The van der Waals surface area contributed by atoms with Crippen LogP contribution in [0.15, 0.2) is 82.6 Å². The molecule has 1 amide bonds. The van der Waals surface area contributed by atoms with E-state index in [-0.39, 0.29) is 23.7 Å². The monoisotopic (exact) mass is 485 g/mol. The second-order valence-electron chi connectivity index (χ2n) is 10.1. The molecule has 7 nitrogen and oxygen atoms in total. The van der Waals surface area contributed by atoms with Crippen LogP contribution in [-0.4, -0.2) is 25.3 Å². The molecule has 0 bridgehead atoms. The Morgan fingerprint density at radius 3 is 2.75 bits per heavy atom. The Morgan fingerprint density at radius 2 is 1.97 bits per heavy atom. The van der Waals surface area contributed by atoms with Gasteiger partial charge in [-0.15, -0.1) is 0 Å². The fourth-order valence-corrected chi connectivity index (χ4v) is 5.16. The van der Waals surface area contributed by atoms with E-state index in [2.05, 4.69) is 24.5 Å². The summed E-state index contributed by atoms with van der Waals surface area (Å²) in [5, 5.41) is 6.57. The van der Waals surface area contributed by atoms with Crippen molar-refractivity contribution in [2.75, 3.05) is 23.9 Å². The van der Waals surface area contributed by atoms with Gasteiger partial charge in [0.05, 0.1) is 31.3 Å². The Hall–Kier alpha value is -4.00. The Balaban J connectivity index is 1.51. The summed E-state index contributed by atoms with van der Waals surface area (Å²) in [4.78, 5) is 28.8. The van der Waals surface area contributed by atoms with Crippen LogP contribution in [0.1, 0.15) is 44.1 Å². The van der Waals surface area contributed by atoms with E-state index >= 15 is 0 Å². The zero-order valence-corrected chi connectivity index (χ0v) is 20.8. The van der Waals surface area contributed by atoms with Gasteiger partial charge in [0.1, 0.15) is 17.6 Å². The highest BCUT2D eigenvalue weighted by molar-refractivity contribution is 6.01. The lowest BCUT2D eigenvalue weighted by atomic mass is 9.74. The Bertz CT molecular complexity index is 1310. The van der Waals surface area contributed by atoms with E-state index in [9.17, 15) is 9.59 Å². The SMILES string of the molecule is COc1cccc(CNC(=O)CN2c3ccccc3NC3=C(C(=O)CC(C)(C)C3)C2c2ccco2)c1. The molecule has 36 heavy (non-hydrogen) atoms. The molecule has 5 rings (SSSR count). The van der Waals surface area contributed by atoms with Crippen molar-refractivity contribution in [1.82, 2.24) is 5.32 Å². The van der Waals surface area contributed by atoms with E-state index in [0.29, 0.717) is 24.3 Å². The average Bonchev–Trinajstić information content (AvgIpc) is 3.34. The number of carbonyl (C=O) groups excluding carboxylic acids is 2. The first-order chi connectivity index (χ1) is 17.3. The van der Waals surface area contributed by atoms with Crippen molar-refractivity contribution in [2.24, 2.45) is 5.41 Å². The molecule has 0 spiro atoms. The largest absolute Gasteiger partial charge is 0.497 e. The molecular formula is C29H31N3O4. The first-order valence-corrected chi connectivity index (χ1v) is 12.2. The highest BCUT2D eigenvalue weighted by Gasteiger charge is 2.42. The maximum absolute atomic E-state index is 13.6. The van der Waals surface area contributed by atoms with Gasteiger partial charge in [-0.25, -0.2) is 0 Å². The molecule has 2 heterocycles. The molecule has 7 heteroatoms. The third kappa shape index (κ3) is 4.73. The molecular weight excluding hydrogens is 454 g/mol. The van der Waals surface area contributed by atoms with Crippen molar-refractivity contribution in [3.63, 3.8) is 0 Å². The first-order valence-electron chi connectivity index (χ1n) is 12.2. The Labute approximate surface area is 211 Å². The summed E-state index contributed by atoms with van der Waals surface area (Å²) in [6, 6.07) is 18.6. The molecule has 2 aromatic carbocycles. The van der Waals surface area contributed by atoms with Gasteiger partial charge in [-0.3, -0.25) is 9.59 Å². The summed E-state index contributed by atoms with van der Waals surface area (Å²) in [5.41, 5.74) is 4.05. The number of nitrogens with zero attached hydrogens (tertiary/aromatic N) is 1. The number of Topliss-reactive ketones (excluding diaryl/α,β-unsaturated/α-hetero) is 1. The third-order valence-electron chi connectivity index (χ3n) is 6.75. The lowest BCUT2D eigenvalue weighted by molar-refractivity contribution is -0.121. The molecule has 186 valence electrons. The van der Waals surface area contributed by atoms with E-state index in [0.717, 1.165) is 34.8 Å². The summed E-state index contributed by atoms with van der Waals surface area (Å²) < 4.78 is 11.1. The van der Waals surface area contributed by atoms with Crippen LogP contribution in [0.4, 0.5) is 11.4 Å². The summed E-state index contributed by atoms with van der Waals surface area (Å²) in [6.45, 7) is 4.65. The van der Waals surface area contributed by atoms with E-state index in [1.165, 1.54) is 0 Å². The van der Waals surface area contributed by atoms with Crippen LogP contribution in [0.3, 0.4) is 0 Å². The fourth-order valence-electron chi connectivity index (χ4n) is 5.16. The molecule has 0 radical (unpaired) electrons. The van der Waals surface area contributed by atoms with Crippen molar-refractivity contribution in [3.05, 3.63) is 89.5 Å². The smallest absolute Gasteiger partial charge is 0.239 e. The predicted molar refractivity (Wildman–Crippen MR) is 139 cm³/mol. The highest BCUT2D eigenvalue weighted by Crippen LogP contribution is 2.48. The third-order valence-corrected chi connectivity index (χ3v) is 6.75. The number of allylic oxidation sites excluding steroid dienone is 1. The minimum atomic E-state index is -0.516. The summed E-state index contributed by atoms with van der Waals surface area (Å²) in [5.74, 6) is 1.29. The van der Waals surface area contributed by atoms with Crippen LogP contribution < -0.4 is 20.3 Å². The molecule has 0 saturated carbocycles. The first kappa shape index (κ1) is 23.7. The molecule has 3 aromatic rings. The zero-order valence-electron chi connectivity index (χ0n) is 20.8. The molecule has 1 aliphatic heterocycles. The molecule has 1 unspecified atom stereocenters. The number of para-hydroxylation sites is 2. The topological polar surface area (TPSA) is 83.8 Å². The number of benzene rings is 2. The quantitative estimate of drug-likeness (QED) is 0.498. The number of furan rings is 1. The number of ketones is 1. The van der Waals surface area contributed by atoms with E-state index in [1.807, 2.05) is 65.6 Å². The summed E-state index contributed by atoms with van der Waals surface area (Å²) >= 11 is 0. The number of anilines is 2. The van der Waals surface area contributed by atoms with E-state index in [1.54, 1.807) is 13.4 Å². The molecule has 1 aromatic heterocycles. The molecule has 1 aliphatic carbocycles. The van der Waals surface area contributed by atoms with Crippen LogP contribution in [-0.2, 0) is 16.1 Å². The normalized spacial score (nSPS) is 18.6. The maximum atomic E-state index is 13.6. The minimum Gasteiger partial charge on any atom is -0.497 e. The lowest BCUT2D eigenvalue weighted by Gasteiger charge is -2.36. The van der Waals surface area contributed by atoms with Gasteiger partial charge in [0, 0.05) is 24.2 Å². The van der Waals surface area contributed by atoms with E-state index < -0.39 is 6.04 Å². The number of carbonyl (C=O) groups is 2. The molecule has 1 atom stereocenters. The standard InChI is InChI=1S/C29H31N3O4/c1-29(2)15-22-27(24(33)16-29)28(25-12-7-13-36-25)32(23-11-5-4-10-21(23)31-22)18-26(34)30-17-19-8-6-9-20(14-19)35-3/h4-14,28,31H,15-18H2,1-3H3,(H,30,34). The summed E-state index contributed by atoms with van der Waals surface area (Å²) in [7, 11) is 1.62. The fraction of sp³-hybridized carbons (Fsp3) is 0.310. The molecule has 0 fully saturated rings. The van der Waals surface area contributed by atoms with Crippen LogP contribution in [0.5, 0.6) is 5.75 Å². The average molecular weight is 486 g/mol. The zero-order chi connectivity index (χ0) is 25.3. The number of rotatable bonds is 6. The molecule has 0 saturated heterocycles. The van der Waals surface area contributed by atoms with Gasteiger partial charge < -0.3 is 24.7 Å². The van der Waals surface area contributed by atoms with Gasteiger partial charge in [-0.1, -0.05) is 38.1 Å². The van der Waals surface area contributed by atoms with Crippen molar-refractivity contribution in [1.29, 1.82) is 0 Å². The van der Waals surface area contributed by atoms with Crippen molar-refractivity contribution in [2.45, 2.75) is 39.3 Å². The van der Waals surface area contributed by atoms with E-state index in [4.69, 9.17) is 9.15 Å². The number of hydrogen-bond donors (Lipinski definition) is 2. The van der Waals surface area contributed by atoms with Crippen LogP contribution in [0.2, 0.25) is 0 Å². The Morgan fingerprint density at radius 1 is 1.14 bits per heavy atom. The number of nitrogens with one attached hydrogen (secondary N) is 2. The van der Waals surface area contributed by atoms with Gasteiger partial charge >= 0.3 is 0 Å². The number of amides is 1. The number of fused-ring (bicyclic) bond motifs is 1. The molecule has 2 aliphatic rings.